The molecule has 1 fully saturated rings. The first-order valence-corrected chi connectivity index (χ1v) is 8.11. The van der Waals surface area contributed by atoms with Gasteiger partial charge in [0.25, 0.3) is 5.69 Å². The molecule has 1 heterocycles. The Kier molecular flexibility index (Phi) is 4.16. The molecular formula is C10H9FN2O6S2. The molecule has 1 N–H and O–H groups in total. The minimum absolute atomic E-state index is 0.0328. The highest BCUT2D eigenvalue weighted by Crippen LogP contribution is 2.31. The molecule has 0 spiro atoms. The SMILES string of the molecule is O=C(O)C1CSCN1S(=O)(=O)c1cc([N+](=O)[O-])ccc1F. The van der Waals surface area contributed by atoms with E-state index < -0.39 is 43.4 Å². The molecule has 1 aromatic carbocycles. The molecule has 1 saturated heterocycles. The lowest BCUT2D eigenvalue weighted by molar-refractivity contribution is -0.385. The maximum absolute atomic E-state index is 13.7. The Hall–Kier alpha value is -1.72. The number of aliphatic carboxylic acids is 1. The fourth-order valence-corrected chi connectivity index (χ4v) is 5.01. The zero-order valence-corrected chi connectivity index (χ0v) is 11.9. The first-order chi connectivity index (χ1) is 9.75. The second-order valence-corrected chi connectivity index (χ2v) is 6.98. The number of carboxylic acid groups (broad SMARTS) is 1. The van der Waals surface area contributed by atoms with Gasteiger partial charge in [0.1, 0.15) is 16.8 Å². The van der Waals surface area contributed by atoms with Crippen molar-refractivity contribution in [1.82, 2.24) is 4.31 Å². The molecular weight excluding hydrogens is 327 g/mol. The number of rotatable bonds is 4. The van der Waals surface area contributed by atoms with Gasteiger partial charge in [0.15, 0.2) is 0 Å². The summed E-state index contributed by atoms with van der Waals surface area (Å²) in [4.78, 5) is 19.9. The van der Waals surface area contributed by atoms with Crippen molar-refractivity contribution in [2.45, 2.75) is 10.9 Å². The maximum Gasteiger partial charge on any atom is 0.322 e. The number of nitro groups is 1. The number of carbonyl (C=O) groups is 1. The van der Waals surface area contributed by atoms with Crippen LogP contribution in [0.1, 0.15) is 0 Å². The Balaban J connectivity index is 2.51. The number of sulfonamides is 1. The topological polar surface area (TPSA) is 118 Å². The van der Waals surface area contributed by atoms with Crippen LogP contribution < -0.4 is 0 Å². The minimum Gasteiger partial charge on any atom is -0.480 e. The van der Waals surface area contributed by atoms with Crippen LogP contribution in [0.4, 0.5) is 10.1 Å². The van der Waals surface area contributed by atoms with E-state index in [-0.39, 0.29) is 11.6 Å². The first-order valence-electron chi connectivity index (χ1n) is 5.51. The van der Waals surface area contributed by atoms with Crippen LogP contribution in [-0.2, 0) is 14.8 Å². The molecule has 1 unspecified atom stereocenters. The average molecular weight is 336 g/mol. The van der Waals surface area contributed by atoms with Crippen molar-refractivity contribution in [3.05, 3.63) is 34.1 Å². The van der Waals surface area contributed by atoms with Gasteiger partial charge in [-0.3, -0.25) is 14.9 Å². The quantitative estimate of drug-likeness (QED) is 0.640. The number of non-ortho nitro benzene ring substituents is 1. The van der Waals surface area contributed by atoms with E-state index in [1.54, 1.807) is 0 Å². The highest BCUT2D eigenvalue weighted by molar-refractivity contribution is 8.00. The van der Waals surface area contributed by atoms with Crippen LogP contribution >= 0.6 is 11.8 Å². The normalized spacial score (nSPS) is 19.6. The molecule has 0 aliphatic carbocycles. The maximum atomic E-state index is 13.7. The molecule has 1 aliphatic rings. The van der Waals surface area contributed by atoms with Gasteiger partial charge >= 0.3 is 5.97 Å². The van der Waals surface area contributed by atoms with Crippen molar-refractivity contribution in [3.63, 3.8) is 0 Å². The number of benzene rings is 1. The van der Waals surface area contributed by atoms with Crippen LogP contribution in [0.25, 0.3) is 0 Å². The van der Waals surface area contributed by atoms with E-state index in [0.29, 0.717) is 16.4 Å². The second kappa shape index (κ2) is 5.58. The number of hydrogen-bond acceptors (Lipinski definition) is 6. The lowest BCUT2D eigenvalue weighted by atomic mass is 10.3. The van der Waals surface area contributed by atoms with E-state index in [1.165, 1.54) is 0 Å². The Morgan fingerprint density at radius 3 is 2.76 bits per heavy atom. The van der Waals surface area contributed by atoms with Crippen molar-refractivity contribution >= 4 is 33.4 Å². The van der Waals surface area contributed by atoms with E-state index >= 15 is 0 Å². The largest absolute Gasteiger partial charge is 0.480 e. The Bertz CT molecular complexity index is 707. The van der Waals surface area contributed by atoms with Gasteiger partial charge < -0.3 is 5.11 Å². The van der Waals surface area contributed by atoms with Gasteiger partial charge in [0, 0.05) is 17.9 Å². The molecule has 2 rings (SSSR count). The third-order valence-electron chi connectivity index (χ3n) is 2.84. The summed E-state index contributed by atoms with van der Waals surface area (Å²) in [5.41, 5.74) is -0.589. The Labute approximate surface area is 122 Å². The number of carboxylic acids is 1. The van der Waals surface area contributed by atoms with Crippen LogP contribution in [0, 0.1) is 15.9 Å². The summed E-state index contributed by atoms with van der Waals surface area (Å²) in [6.07, 6.45) is 0. The van der Waals surface area contributed by atoms with Crippen molar-refractivity contribution in [1.29, 1.82) is 0 Å². The molecule has 0 saturated carbocycles. The molecule has 114 valence electrons. The van der Waals surface area contributed by atoms with Crippen LogP contribution in [0.5, 0.6) is 0 Å². The summed E-state index contributed by atoms with van der Waals surface area (Å²) in [6.45, 7) is 0. The van der Waals surface area contributed by atoms with Gasteiger partial charge in [-0.1, -0.05) is 0 Å². The highest BCUT2D eigenvalue weighted by Gasteiger charge is 2.41. The molecule has 1 aromatic rings. The van der Waals surface area contributed by atoms with Crippen molar-refractivity contribution in [2.75, 3.05) is 11.6 Å². The molecule has 21 heavy (non-hydrogen) atoms. The predicted molar refractivity (Wildman–Crippen MR) is 70.8 cm³/mol. The van der Waals surface area contributed by atoms with E-state index in [4.69, 9.17) is 5.11 Å². The summed E-state index contributed by atoms with van der Waals surface area (Å²) in [5, 5.41) is 19.6. The first kappa shape index (κ1) is 15.7. The predicted octanol–water partition coefficient (Wildman–Crippen LogP) is 0.882. The Morgan fingerprint density at radius 2 is 2.19 bits per heavy atom. The van der Waals surface area contributed by atoms with Gasteiger partial charge in [-0.25, -0.2) is 12.8 Å². The summed E-state index contributed by atoms with van der Waals surface area (Å²) in [5.74, 6) is -2.64. The van der Waals surface area contributed by atoms with Gasteiger partial charge in [-0.2, -0.15) is 4.31 Å². The average Bonchev–Trinajstić information content (AvgIpc) is 2.88. The smallest absolute Gasteiger partial charge is 0.322 e. The molecule has 1 aliphatic heterocycles. The molecule has 1 atom stereocenters. The van der Waals surface area contributed by atoms with Gasteiger partial charge in [0.05, 0.1) is 10.8 Å². The molecule has 0 amide bonds. The lowest BCUT2D eigenvalue weighted by Gasteiger charge is -2.20. The standard InChI is InChI=1S/C10H9FN2O6S2/c11-7-2-1-6(13(16)17)3-9(7)21(18,19)12-5-20-4-8(12)10(14)15/h1-3,8H,4-5H2,(H,14,15). The van der Waals surface area contributed by atoms with Gasteiger partial charge in [-0.15, -0.1) is 11.8 Å². The van der Waals surface area contributed by atoms with Crippen LogP contribution in [0.15, 0.2) is 23.1 Å². The van der Waals surface area contributed by atoms with Crippen LogP contribution in [0.2, 0.25) is 0 Å². The highest BCUT2D eigenvalue weighted by atomic mass is 32.2. The Morgan fingerprint density at radius 1 is 1.52 bits per heavy atom. The number of nitro benzene ring substituents is 1. The zero-order chi connectivity index (χ0) is 15.8. The van der Waals surface area contributed by atoms with E-state index in [0.717, 1.165) is 17.8 Å². The molecule has 0 bridgehead atoms. The summed E-state index contributed by atoms with van der Waals surface area (Å²) < 4.78 is 39.0. The minimum atomic E-state index is -4.47. The molecule has 11 heteroatoms. The van der Waals surface area contributed by atoms with Gasteiger partial charge in [0.2, 0.25) is 10.0 Å². The third-order valence-corrected chi connectivity index (χ3v) is 5.88. The molecule has 8 nitrogen and oxygen atoms in total. The monoisotopic (exact) mass is 336 g/mol. The number of thioether (sulfide) groups is 1. The van der Waals surface area contributed by atoms with E-state index in [9.17, 15) is 27.7 Å². The fourth-order valence-electron chi connectivity index (χ4n) is 1.79. The number of halogens is 1. The second-order valence-electron chi connectivity index (χ2n) is 4.12. The van der Waals surface area contributed by atoms with Crippen molar-refractivity contribution < 1.29 is 27.6 Å². The van der Waals surface area contributed by atoms with E-state index in [1.807, 2.05) is 0 Å². The summed E-state index contributed by atoms with van der Waals surface area (Å²) in [7, 11) is -4.47. The van der Waals surface area contributed by atoms with Crippen molar-refractivity contribution in [3.8, 4) is 0 Å². The van der Waals surface area contributed by atoms with Gasteiger partial charge in [-0.05, 0) is 6.07 Å². The third kappa shape index (κ3) is 2.84. The van der Waals surface area contributed by atoms with E-state index in [2.05, 4.69) is 0 Å². The number of nitrogens with zero attached hydrogens (tertiary/aromatic N) is 2. The summed E-state index contributed by atoms with van der Waals surface area (Å²) in [6, 6.07) is 0.775. The molecule has 0 radical (unpaired) electrons. The molecule has 0 aromatic heterocycles. The number of hydrogen-bond donors (Lipinski definition) is 1. The van der Waals surface area contributed by atoms with Crippen molar-refractivity contribution in [2.24, 2.45) is 0 Å². The fraction of sp³-hybridized carbons (Fsp3) is 0.300. The summed E-state index contributed by atoms with van der Waals surface area (Å²) >= 11 is 1.07. The lowest BCUT2D eigenvalue weighted by Crippen LogP contribution is -2.41. The zero-order valence-electron chi connectivity index (χ0n) is 10.3. The van der Waals surface area contributed by atoms with Crippen LogP contribution in [-0.4, -0.2) is 46.4 Å². The van der Waals surface area contributed by atoms with Crippen LogP contribution in [0.3, 0.4) is 0 Å².